The maximum absolute atomic E-state index is 10.1. The lowest BCUT2D eigenvalue weighted by Crippen LogP contribution is -2.46. The van der Waals surface area contributed by atoms with Gasteiger partial charge in [0.25, 0.3) is 0 Å². The zero-order chi connectivity index (χ0) is 15.0. The first-order valence-electron chi connectivity index (χ1n) is 7.49. The summed E-state index contributed by atoms with van der Waals surface area (Å²) in [6, 6.07) is 5.89. The van der Waals surface area contributed by atoms with Gasteiger partial charge in [0.15, 0.2) is 11.5 Å². The first kappa shape index (κ1) is 14.0. The van der Waals surface area contributed by atoms with Crippen LogP contribution < -0.4 is 14.8 Å². The largest absolute Gasteiger partial charge is 0.454 e. The van der Waals surface area contributed by atoms with Crippen molar-refractivity contribution >= 4 is 11.3 Å². The highest BCUT2D eigenvalue weighted by atomic mass is 32.1. The number of ether oxygens (including phenoxy) is 2. The standard InChI is InChI=1S/C16H18N2O3S/c19-16(4-1-5-16)9-17-7-12-8-22-15(18-12)11-2-3-13-14(6-11)21-10-20-13/h2-3,6,8,17,19H,1,4-5,7,9-10H2. The van der Waals surface area contributed by atoms with Crippen LogP contribution in [-0.2, 0) is 6.54 Å². The van der Waals surface area contributed by atoms with Crippen LogP contribution in [0.2, 0.25) is 0 Å². The van der Waals surface area contributed by atoms with Crippen LogP contribution in [0.1, 0.15) is 25.0 Å². The van der Waals surface area contributed by atoms with Crippen molar-refractivity contribution in [2.24, 2.45) is 0 Å². The van der Waals surface area contributed by atoms with Gasteiger partial charge in [-0.2, -0.15) is 0 Å². The number of hydrogen-bond acceptors (Lipinski definition) is 6. The van der Waals surface area contributed by atoms with Gasteiger partial charge in [0.2, 0.25) is 6.79 Å². The van der Waals surface area contributed by atoms with Gasteiger partial charge in [-0.25, -0.2) is 4.98 Å². The Morgan fingerprint density at radius 3 is 2.95 bits per heavy atom. The SMILES string of the molecule is OC1(CNCc2csc(-c3ccc4c(c3)OCO4)n2)CCC1. The van der Waals surface area contributed by atoms with E-state index in [0.717, 1.165) is 47.0 Å². The van der Waals surface area contributed by atoms with Crippen LogP contribution in [0, 0.1) is 0 Å². The zero-order valence-corrected chi connectivity index (χ0v) is 13.0. The molecule has 5 nitrogen and oxygen atoms in total. The molecule has 2 heterocycles. The van der Waals surface area contributed by atoms with E-state index in [1.165, 1.54) is 0 Å². The Bertz CT molecular complexity index is 682. The summed E-state index contributed by atoms with van der Waals surface area (Å²) in [6.07, 6.45) is 2.93. The van der Waals surface area contributed by atoms with Crippen LogP contribution >= 0.6 is 11.3 Å². The lowest BCUT2D eigenvalue weighted by Gasteiger charge is -2.36. The van der Waals surface area contributed by atoms with Gasteiger partial charge in [-0.15, -0.1) is 11.3 Å². The van der Waals surface area contributed by atoms with Crippen molar-refractivity contribution in [1.29, 1.82) is 0 Å². The summed E-state index contributed by atoms with van der Waals surface area (Å²) in [4.78, 5) is 4.65. The van der Waals surface area contributed by atoms with Gasteiger partial charge in [-0.05, 0) is 37.5 Å². The molecule has 1 aromatic heterocycles. The molecule has 0 saturated heterocycles. The van der Waals surface area contributed by atoms with E-state index < -0.39 is 5.60 Å². The molecule has 0 unspecified atom stereocenters. The Labute approximate surface area is 132 Å². The number of hydrogen-bond donors (Lipinski definition) is 2. The monoisotopic (exact) mass is 318 g/mol. The fraction of sp³-hybridized carbons (Fsp3) is 0.438. The number of aliphatic hydroxyl groups is 1. The van der Waals surface area contributed by atoms with Crippen molar-refractivity contribution in [1.82, 2.24) is 10.3 Å². The summed E-state index contributed by atoms with van der Waals surface area (Å²) in [5.41, 5.74) is 1.55. The Kier molecular flexibility index (Phi) is 3.52. The van der Waals surface area contributed by atoms with Gasteiger partial charge in [-0.1, -0.05) is 0 Å². The average molecular weight is 318 g/mol. The summed E-state index contributed by atoms with van der Waals surface area (Å²) < 4.78 is 10.7. The molecule has 0 atom stereocenters. The van der Waals surface area contributed by atoms with Crippen molar-refractivity contribution < 1.29 is 14.6 Å². The van der Waals surface area contributed by atoms with Crippen LogP contribution in [0.3, 0.4) is 0 Å². The van der Waals surface area contributed by atoms with Gasteiger partial charge in [0, 0.05) is 24.0 Å². The number of aromatic nitrogens is 1. The van der Waals surface area contributed by atoms with Gasteiger partial charge >= 0.3 is 0 Å². The summed E-state index contributed by atoms with van der Waals surface area (Å²) in [6.45, 7) is 1.61. The average Bonchev–Trinajstić information content (AvgIpc) is 3.13. The molecule has 6 heteroatoms. The molecule has 0 bridgehead atoms. The predicted molar refractivity (Wildman–Crippen MR) is 84.2 cm³/mol. The molecule has 0 amide bonds. The van der Waals surface area contributed by atoms with Gasteiger partial charge in [0.1, 0.15) is 5.01 Å². The van der Waals surface area contributed by atoms with Crippen LogP contribution in [0.5, 0.6) is 11.5 Å². The van der Waals surface area contributed by atoms with Crippen molar-refractivity contribution in [2.75, 3.05) is 13.3 Å². The van der Waals surface area contributed by atoms with Gasteiger partial charge in [0.05, 0.1) is 11.3 Å². The van der Waals surface area contributed by atoms with Crippen molar-refractivity contribution in [3.8, 4) is 22.1 Å². The third-order valence-electron chi connectivity index (χ3n) is 4.22. The highest BCUT2D eigenvalue weighted by molar-refractivity contribution is 7.13. The van der Waals surface area contributed by atoms with Crippen molar-refractivity contribution in [3.05, 3.63) is 29.3 Å². The lowest BCUT2D eigenvalue weighted by atomic mass is 9.80. The number of nitrogens with one attached hydrogen (secondary N) is 1. The van der Waals surface area contributed by atoms with Gasteiger partial charge < -0.3 is 19.9 Å². The van der Waals surface area contributed by atoms with E-state index in [1.807, 2.05) is 18.2 Å². The normalized spacial score (nSPS) is 18.2. The minimum absolute atomic E-state index is 0.286. The van der Waals surface area contributed by atoms with E-state index in [4.69, 9.17) is 9.47 Å². The molecule has 1 aliphatic carbocycles. The first-order chi connectivity index (χ1) is 10.7. The number of rotatable bonds is 5. The molecule has 1 aromatic carbocycles. The second-order valence-corrected chi connectivity index (χ2v) is 6.75. The number of fused-ring (bicyclic) bond motifs is 1. The summed E-state index contributed by atoms with van der Waals surface area (Å²) in [7, 11) is 0. The third kappa shape index (κ3) is 2.69. The van der Waals surface area contributed by atoms with E-state index in [1.54, 1.807) is 11.3 Å². The summed E-state index contributed by atoms with van der Waals surface area (Å²) in [5.74, 6) is 1.57. The van der Waals surface area contributed by atoms with Crippen LogP contribution in [0.25, 0.3) is 10.6 Å². The summed E-state index contributed by atoms with van der Waals surface area (Å²) >= 11 is 1.62. The fourth-order valence-electron chi connectivity index (χ4n) is 2.74. The minimum atomic E-state index is -0.490. The Morgan fingerprint density at radius 1 is 1.27 bits per heavy atom. The molecular weight excluding hydrogens is 300 g/mol. The number of thiazole rings is 1. The Balaban J connectivity index is 1.40. The molecule has 0 radical (unpaired) electrons. The van der Waals surface area contributed by atoms with Crippen molar-refractivity contribution in [2.45, 2.75) is 31.4 Å². The highest BCUT2D eigenvalue weighted by Crippen LogP contribution is 2.36. The smallest absolute Gasteiger partial charge is 0.231 e. The van der Waals surface area contributed by atoms with E-state index in [-0.39, 0.29) is 6.79 Å². The Morgan fingerprint density at radius 2 is 2.14 bits per heavy atom. The molecular formula is C16H18N2O3S. The zero-order valence-electron chi connectivity index (χ0n) is 12.2. The Hall–Kier alpha value is -1.63. The van der Waals surface area contributed by atoms with E-state index in [9.17, 15) is 5.11 Å². The molecule has 22 heavy (non-hydrogen) atoms. The van der Waals surface area contributed by atoms with Crippen molar-refractivity contribution in [3.63, 3.8) is 0 Å². The fourth-order valence-corrected chi connectivity index (χ4v) is 3.55. The minimum Gasteiger partial charge on any atom is -0.454 e. The van der Waals surface area contributed by atoms with E-state index in [0.29, 0.717) is 13.1 Å². The second kappa shape index (κ2) is 5.53. The molecule has 2 N–H and O–H groups in total. The molecule has 4 rings (SSSR count). The number of nitrogens with zero attached hydrogens (tertiary/aromatic N) is 1. The quantitative estimate of drug-likeness (QED) is 0.887. The summed E-state index contributed by atoms with van der Waals surface area (Å²) in [5, 5.41) is 16.4. The molecule has 1 saturated carbocycles. The van der Waals surface area contributed by atoms with Gasteiger partial charge in [-0.3, -0.25) is 0 Å². The molecule has 2 aromatic rings. The second-order valence-electron chi connectivity index (χ2n) is 5.89. The maximum Gasteiger partial charge on any atom is 0.231 e. The van der Waals surface area contributed by atoms with Crippen LogP contribution in [0.4, 0.5) is 0 Å². The van der Waals surface area contributed by atoms with E-state index >= 15 is 0 Å². The maximum atomic E-state index is 10.1. The molecule has 2 aliphatic rings. The first-order valence-corrected chi connectivity index (χ1v) is 8.37. The van der Waals surface area contributed by atoms with Crippen LogP contribution in [-0.4, -0.2) is 29.0 Å². The predicted octanol–water partition coefficient (Wildman–Crippen LogP) is 2.54. The molecule has 116 valence electrons. The number of benzene rings is 1. The van der Waals surface area contributed by atoms with Crippen LogP contribution in [0.15, 0.2) is 23.6 Å². The molecule has 0 spiro atoms. The molecule has 1 aliphatic heterocycles. The van der Waals surface area contributed by atoms with E-state index in [2.05, 4.69) is 15.7 Å². The lowest BCUT2D eigenvalue weighted by molar-refractivity contribution is -0.0315. The topological polar surface area (TPSA) is 63.6 Å². The third-order valence-corrected chi connectivity index (χ3v) is 5.16. The molecule has 1 fully saturated rings. The highest BCUT2D eigenvalue weighted by Gasteiger charge is 2.33.